The molecule has 0 aromatic carbocycles. The lowest BCUT2D eigenvalue weighted by Crippen LogP contribution is -2.39. The topological polar surface area (TPSA) is 29.1 Å². The monoisotopic (exact) mass is 194 g/mol. The summed E-state index contributed by atoms with van der Waals surface area (Å²) in [7, 11) is 4.34. The van der Waals surface area contributed by atoms with Gasteiger partial charge in [0.05, 0.1) is 0 Å². The SMILES string of the molecule is CCC(C(C)=O)C1C[B]C(NC)CC1. The van der Waals surface area contributed by atoms with Crippen molar-refractivity contribution < 1.29 is 4.79 Å². The van der Waals surface area contributed by atoms with E-state index in [9.17, 15) is 4.79 Å². The highest BCUT2D eigenvalue weighted by Gasteiger charge is 2.28. The summed E-state index contributed by atoms with van der Waals surface area (Å²) in [6, 6.07) is 0. The van der Waals surface area contributed by atoms with Crippen LogP contribution in [-0.2, 0) is 4.79 Å². The molecule has 1 aliphatic rings. The highest BCUT2D eigenvalue weighted by molar-refractivity contribution is 6.38. The maximum absolute atomic E-state index is 11.4. The molecule has 1 heterocycles. The molecule has 0 spiro atoms. The van der Waals surface area contributed by atoms with Gasteiger partial charge in [-0.25, -0.2) is 0 Å². The Hall–Kier alpha value is -0.305. The third-order valence-electron chi connectivity index (χ3n) is 3.47. The van der Waals surface area contributed by atoms with Crippen molar-refractivity contribution in [3.05, 3.63) is 0 Å². The van der Waals surface area contributed by atoms with Crippen LogP contribution in [0.5, 0.6) is 0 Å². The molecule has 79 valence electrons. The molecule has 0 amide bonds. The lowest BCUT2D eigenvalue weighted by molar-refractivity contribution is -0.122. The zero-order chi connectivity index (χ0) is 10.6. The summed E-state index contributed by atoms with van der Waals surface area (Å²) in [4.78, 5) is 11.4. The molecule has 3 heteroatoms. The van der Waals surface area contributed by atoms with Crippen LogP contribution in [0, 0.1) is 11.8 Å². The van der Waals surface area contributed by atoms with Gasteiger partial charge in [0.1, 0.15) is 13.1 Å². The fraction of sp³-hybridized carbons (Fsp3) is 0.909. The fourth-order valence-corrected chi connectivity index (χ4v) is 2.55. The second kappa shape index (κ2) is 5.55. The Bertz CT molecular complexity index is 188. The maximum Gasteiger partial charge on any atom is 0.133 e. The summed E-state index contributed by atoms with van der Waals surface area (Å²) in [6.45, 7) is 3.86. The van der Waals surface area contributed by atoms with Crippen LogP contribution in [0.4, 0.5) is 0 Å². The van der Waals surface area contributed by atoms with E-state index in [-0.39, 0.29) is 0 Å². The van der Waals surface area contributed by atoms with Gasteiger partial charge in [0.2, 0.25) is 0 Å². The molecule has 3 atom stereocenters. The van der Waals surface area contributed by atoms with Gasteiger partial charge in [-0.15, -0.1) is 0 Å². The predicted octanol–water partition coefficient (Wildman–Crippen LogP) is 1.68. The predicted molar refractivity (Wildman–Crippen MR) is 60.6 cm³/mol. The Morgan fingerprint density at radius 3 is 2.64 bits per heavy atom. The molecule has 1 radical (unpaired) electrons. The third kappa shape index (κ3) is 2.84. The van der Waals surface area contributed by atoms with E-state index < -0.39 is 0 Å². The van der Waals surface area contributed by atoms with Gasteiger partial charge in [0.15, 0.2) is 0 Å². The molecule has 1 rings (SSSR count). The zero-order valence-corrected chi connectivity index (χ0v) is 9.55. The highest BCUT2D eigenvalue weighted by atomic mass is 16.1. The van der Waals surface area contributed by atoms with Gasteiger partial charge in [0.25, 0.3) is 0 Å². The molecule has 3 unspecified atom stereocenters. The first-order chi connectivity index (χ1) is 6.69. The number of ketones is 1. The van der Waals surface area contributed by atoms with Crippen LogP contribution < -0.4 is 5.32 Å². The van der Waals surface area contributed by atoms with Crippen molar-refractivity contribution in [2.24, 2.45) is 11.8 Å². The minimum Gasteiger partial charge on any atom is -0.325 e. The fourth-order valence-electron chi connectivity index (χ4n) is 2.55. The Labute approximate surface area is 88.1 Å². The zero-order valence-electron chi connectivity index (χ0n) is 9.55. The standard InChI is InChI=1S/C11H21BNO/c1-4-10(8(2)14)9-5-6-11(13-3)12-7-9/h9-11,13H,4-7H2,1-3H3. The van der Waals surface area contributed by atoms with Crippen LogP contribution in [0.3, 0.4) is 0 Å². The molecule has 0 bridgehead atoms. The Morgan fingerprint density at radius 1 is 1.57 bits per heavy atom. The number of carbonyl (C=O) groups is 1. The number of nitrogens with one attached hydrogen (secondary N) is 1. The molecule has 1 aliphatic heterocycles. The highest BCUT2D eigenvalue weighted by Crippen LogP contribution is 2.29. The summed E-state index contributed by atoms with van der Waals surface area (Å²) >= 11 is 0. The van der Waals surface area contributed by atoms with E-state index in [0.29, 0.717) is 23.6 Å². The third-order valence-corrected chi connectivity index (χ3v) is 3.47. The maximum atomic E-state index is 11.4. The molecule has 1 N–H and O–H groups in total. The second-order valence-corrected chi connectivity index (χ2v) is 4.33. The van der Waals surface area contributed by atoms with Crippen LogP contribution >= 0.6 is 0 Å². The first-order valence-corrected chi connectivity index (χ1v) is 5.70. The number of carbonyl (C=O) groups excluding carboxylic acids is 1. The van der Waals surface area contributed by atoms with E-state index in [0.717, 1.165) is 12.7 Å². The minimum absolute atomic E-state index is 0.295. The van der Waals surface area contributed by atoms with Gasteiger partial charge >= 0.3 is 0 Å². The lowest BCUT2D eigenvalue weighted by atomic mass is 9.54. The number of hydrogen-bond donors (Lipinski definition) is 1. The Morgan fingerprint density at radius 2 is 2.29 bits per heavy atom. The molecule has 0 aromatic heterocycles. The smallest absolute Gasteiger partial charge is 0.133 e. The van der Waals surface area contributed by atoms with Gasteiger partial charge in [-0.05, 0) is 45.1 Å². The second-order valence-electron chi connectivity index (χ2n) is 4.33. The average molecular weight is 194 g/mol. The summed E-state index contributed by atoms with van der Waals surface area (Å²) in [5.41, 5.74) is 0. The quantitative estimate of drug-likeness (QED) is 0.690. The van der Waals surface area contributed by atoms with Gasteiger partial charge in [-0.2, -0.15) is 0 Å². The van der Waals surface area contributed by atoms with Crippen LogP contribution in [0.15, 0.2) is 0 Å². The van der Waals surface area contributed by atoms with Gasteiger partial charge in [0, 0.05) is 5.92 Å². The van der Waals surface area contributed by atoms with Gasteiger partial charge in [-0.3, -0.25) is 4.79 Å². The van der Waals surface area contributed by atoms with E-state index in [1.54, 1.807) is 6.92 Å². The first-order valence-electron chi connectivity index (χ1n) is 5.70. The number of hydrogen-bond acceptors (Lipinski definition) is 2. The summed E-state index contributed by atoms with van der Waals surface area (Å²) in [5, 5.41) is 3.27. The summed E-state index contributed by atoms with van der Waals surface area (Å²) in [6.07, 6.45) is 4.48. The lowest BCUT2D eigenvalue weighted by Gasteiger charge is -2.31. The van der Waals surface area contributed by atoms with Crippen LogP contribution in [-0.4, -0.2) is 26.1 Å². The molecule has 2 nitrogen and oxygen atoms in total. The van der Waals surface area contributed by atoms with Crippen LogP contribution in [0.1, 0.15) is 33.1 Å². The number of rotatable bonds is 4. The van der Waals surface area contributed by atoms with E-state index in [4.69, 9.17) is 0 Å². The molecule has 0 aromatic rings. The molecule has 14 heavy (non-hydrogen) atoms. The van der Waals surface area contributed by atoms with Gasteiger partial charge in [-0.1, -0.05) is 13.2 Å². The van der Waals surface area contributed by atoms with E-state index in [1.807, 2.05) is 7.05 Å². The van der Waals surface area contributed by atoms with Crippen molar-refractivity contribution in [1.29, 1.82) is 0 Å². The van der Waals surface area contributed by atoms with Crippen molar-refractivity contribution in [3.63, 3.8) is 0 Å². The molecule has 1 saturated heterocycles. The van der Waals surface area contributed by atoms with Crippen LogP contribution in [0.2, 0.25) is 6.32 Å². The van der Waals surface area contributed by atoms with E-state index in [1.165, 1.54) is 12.8 Å². The Balaban J connectivity index is 2.43. The van der Waals surface area contributed by atoms with Gasteiger partial charge < -0.3 is 5.32 Å². The first kappa shape index (κ1) is 11.8. The van der Waals surface area contributed by atoms with Crippen molar-refractivity contribution >= 4 is 13.1 Å². The molecule has 1 fully saturated rings. The summed E-state index contributed by atoms with van der Waals surface area (Å²) < 4.78 is 0. The minimum atomic E-state index is 0.295. The Kier molecular flexibility index (Phi) is 4.66. The molecule has 0 saturated carbocycles. The average Bonchev–Trinajstić information content (AvgIpc) is 2.19. The van der Waals surface area contributed by atoms with Crippen molar-refractivity contribution in [2.75, 3.05) is 7.05 Å². The largest absolute Gasteiger partial charge is 0.325 e. The van der Waals surface area contributed by atoms with E-state index >= 15 is 0 Å². The molecular formula is C11H21BNO. The number of Topliss-reactive ketones (excluding diaryl/α,β-unsaturated/α-hetero) is 1. The normalized spacial score (nSPS) is 29.4. The summed E-state index contributed by atoms with van der Waals surface area (Å²) in [5.74, 6) is 1.83. The molecular weight excluding hydrogens is 173 g/mol. The van der Waals surface area contributed by atoms with Crippen LogP contribution in [0.25, 0.3) is 0 Å². The van der Waals surface area contributed by atoms with Crippen molar-refractivity contribution in [3.8, 4) is 0 Å². The van der Waals surface area contributed by atoms with E-state index in [2.05, 4.69) is 19.5 Å². The van der Waals surface area contributed by atoms with Crippen molar-refractivity contribution in [2.45, 2.75) is 45.4 Å². The van der Waals surface area contributed by atoms with Crippen molar-refractivity contribution in [1.82, 2.24) is 5.32 Å². The molecule has 0 aliphatic carbocycles.